The van der Waals surface area contributed by atoms with E-state index in [1.54, 1.807) is 30.3 Å². The quantitative estimate of drug-likeness (QED) is 0.0426. The first-order valence-corrected chi connectivity index (χ1v) is 26.1. The predicted molar refractivity (Wildman–Crippen MR) is 297 cm³/mol. The maximum Gasteiger partial charge on any atom is 0.407 e. The van der Waals surface area contributed by atoms with Crippen molar-refractivity contribution in [2.24, 2.45) is 5.92 Å². The molecule has 0 aliphatic rings. The largest absolute Gasteiger partial charge is 0.407 e. The standard InChI is InChI=1S/C16H15F3N4O2.C16H16FN3O.C15H14FN3O.C12H12BrNO/c1-15(25,6-5-14-21-9-22-23-14)13(24)8-10-3-4-12(20-2)11(7-10)16(17,18)19;1-11-6-13(4-5-15(11)18-3)7-16(21)12(2)9-20-10-14(17)8-19-20;1-11-7-12(3-4-15(11)17-2)8-14(20)5-6-19-10-13(16)9-18-19;1-9-7-10(3-4-12(9)14-2)8-11(15)5-6-13/h3-4,7,9,25H,5-6,8H2,1H3,(H,21,22,23);4-6,8,10,12H,7,9H2,1-2H3;3-4,7,9-10H,5-6,8H2,1H3;3-4,7H,5-6,8H2,1H3/t15-;;;/m0.../s1. The Hall–Kier alpha value is -8.83. The number of H-pyrrole nitrogens is 1. The third-order valence-electron chi connectivity index (χ3n) is 12.3. The van der Waals surface area contributed by atoms with Crippen molar-refractivity contribution in [2.75, 3.05) is 5.33 Å². The number of hydrogen-bond acceptors (Lipinski definition) is 9. The Balaban J connectivity index is 0.000000236. The van der Waals surface area contributed by atoms with E-state index in [-0.39, 0.29) is 48.1 Å². The van der Waals surface area contributed by atoms with E-state index >= 15 is 0 Å². The molecule has 16 nitrogen and oxygen atoms in total. The van der Waals surface area contributed by atoms with Crippen LogP contribution in [0.15, 0.2) is 104 Å². The van der Waals surface area contributed by atoms with E-state index in [0.29, 0.717) is 73.4 Å². The lowest BCUT2D eigenvalue weighted by Gasteiger charge is -2.21. The first kappa shape index (κ1) is 64.7. The molecule has 22 heteroatoms. The van der Waals surface area contributed by atoms with E-state index in [1.807, 2.05) is 52.0 Å². The van der Waals surface area contributed by atoms with Crippen LogP contribution < -0.4 is 0 Å². The van der Waals surface area contributed by atoms with E-state index in [4.69, 9.17) is 26.3 Å². The van der Waals surface area contributed by atoms with Gasteiger partial charge in [0.2, 0.25) is 0 Å². The zero-order chi connectivity index (χ0) is 59.9. The molecule has 0 saturated heterocycles. The van der Waals surface area contributed by atoms with Gasteiger partial charge in [0.1, 0.15) is 35.1 Å². The zero-order valence-corrected chi connectivity index (χ0v) is 46.6. The number of carbonyl (C=O) groups is 4. The lowest BCUT2D eigenvalue weighted by atomic mass is 9.90. The van der Waals surface area contributed by atoms with Crippen molar-refractivity contribution in [3.63, 3.8) is 0 Å². The number of Topliss-reactive ketones (excluding diaryl/α,β-unsaturated/α-hetero) is 4. The van der Waals surface area contributed by atoms with Crippen LogP contribution in [-0.2, 0) is 70.5 Å². The number of carbonyl (C=O) groups excluding carboxylic acids is 4. The van der Waals surface area contributed by atoms with Gasteiger partial charge in [0, 0.05) is 62.7 Å². The number of ketones is 4. The van der Waals surface area contributed by atoms with Crippen LogP contribution >= 0.6 is 15.9 Å². The van der Waals surface area contributed by atoms with Gasteiger partial charge in [-0.05, 0) is 73.1 Å². The van der Waals surface area contributed by atoms with Crippen LogP contribution in [0, 0.1) is 64.6 Å². The SMILES string of the molecule is [C-]#[N+]c1ccc(CC(=O)C(C)Cn2cc(F)cn2)cc1C.[C-]#[N+]c1ccc(CC(=O)CCBr)cc1C.[C-]#[N+]c1ccc(CC(=O)CCn2cc(F)cn2)cc1C.[C-]#[N+]c1ccc(CC(=O)[C@@](C)(O)CCc2ncn[nH]2)cc1C(F)(F)F. The summed E-state index contributed by atoms with van der Waals surface area (Å²) in [7, 11) is 0. The maximum absolute atomic E-state index is 13.0. The summed E-state index contributed by atoms with van der Waals surface area (Å²) in [5.74, 6) is -0.809. The number of aryl methyl sites for hydroxylation is 5. The maximum atomic E-state index is 13.0. The third-order valence-corrected chi connectivity index (χ3v) is 12.7. The van der Waals surface area contributed by atoms with Gasteiger partial charge in [0.15, 0.2) is 40.2 Å². The summed E-state index contributed by atoms with van der Waals surface area (Å²) in [5.41, 5.74) is 4.08. The molecule has 4 aromatic carbocycles. The van der Waals surface area contributed by atoms with Gasteiger partial charge in [-0.15, -0.1) is 0 Å². The highest BCUT2D eigenvalue weighted by atomic mass is 79.9. The number of aromatic amines is 1. The highest BCUT2D eigenvalue weighted by Gasteiger charge is 2.35. The average Bonchev–Trinajstić information content (AvgIpc) is 4.21. The van der Waals surface area contributed by atoms with E-state index in [9.17, 15) is 46.2 Å². The van der Waals surface area contributed by atoms with Crippen LogP contribution in [-0.4, -0.2) is 73.9 Å². The van der Waals surface area contributed by atoms with Crippen molar-refractivity contribution < 1.29 is 46.2 Å². The molecule has 0 aliphatic carbocycles. The van der Waals surface area contributed by atoms with Gasteiger partial charge in [-0.1, -0.05) is 95.7 Å². The fourth-order valence-electron chi connectivity index (χ4n) is 7.74. The summed E-state index contributed by atoms with van der Waals surface area (Å²) >= 11 is 3.24. The van der Waals surface area contributed by atoms with Crippen LogP contribution in [0.1, 0.15) is 83.4 Å². The number of nitrogens with one attached hydrogen (secondary N) is 1. The van der Waals surface area contributed by atoms with Gasteiger partial charge in [0.25, 0.3) is 0 Å². The summed E-state index contributed by atoms with van der Waals surface area (Å²) in [5, 5.41) is 24.9. The number of hydrogen-bond donors (Lipinski definition) is 2. The fourth-order valence-corrected chi connectivity index (χ4v) is 8.18. The van der Waals surface area contributed by atoms with Crippen LogP contribution in [0.5, 0.6) is 0 Å². The molecule has 2 N–H and O–H groups in total. The van der Waals surface area contributed by atoms with Gasteiger partial charge in [-0.25, -0.2) is 33.1 Å². The fraction of sp³-hybridized carbons (Fsp3) is 0.322. The highest BCUT2D eigenvalue weighted by molar-refractivity contribution is 9.09. The number of aromatic nitrogens is 7. The Morgan fingerprint density at radius 1 is 0.679 bits per heavy atom. The first-order valence-electron chi connectivity index (χ1n) is 24.9. The van der Waals surface area contributed by atoms with Gasteiger partial charge < -0.3 is 5.11 Å². The molecule has 1 unspecified atom stereocenters. The van der Waals surface area contributed by atoms with Crippen molar-refractivity contribution in [2.45, 2.75) is 111 Å². The van der Waals surface area contributed by atoms with Crippen molar-refractivity contribution in [3.8, 4) is 0 Å². The molecule has 2 atom stereocenters. The lowest BCUT2D eigenvalue weighted by Crippen LogP contribution is -2.37. The molecule has 81 heavy (non-hydrogen) atoms. The predicted octanol–water partition coefficient (Wildman–Crippen LogP) is 12.7. The van der Waals surface area contributed by atoms with Crippen LogP contribution in [0.3, 0.4) is 0 Å². The van der Waals surface area contributed by atoms with Crippen molar-refractivity contribution >= 4 is 61.8 Å². The van der Waals surface area contributed by atoms with Gasteiger partial charge >= 0.3 is 6.18 Å². The lowest BCUT2D eigenvalue weighted by molar-refractivity contribution is -0.137. The topological polar surface area (TPSA) is 183 Å². The van der Waals surface area contributed by atoms with Crippen molar-refractivity contribution in [3.05, 3.63) is 212 Å². The van der Waals surface area contributed by atoms with Gasteiger partial charge in [0.05, 0.1) is 63.2 Å². The number of nitrogens with zero attached hydrogens (tertiary/aromatic N) is 10. The van der Waals surface area contributed by atoms with E-state index < -0.39 is 40.4 Å². The van der Waals surface area contributed by atoms with Crippen LogP contribution in [0.4, 0.5) is 44.7 Å². The minimum Gasteiger partial charge on any atom is -0.382 e. The van der Waals surface area contributed by atoms with Crippen molar-refractivity contribution in [1.82, 2.24) is 34.7 Å². The molecule has 3 aromatic heterocycles. The molecule has 7 rings (SSSR count). The monoisotopic (exact) mass is 1170 g/mol. The number of aliphatic hydroxyl groups is 1. The van der Waals surface area contributed by atoms with Gasteiger partial charge in [-0.3, -0.25) is 33.6 Å². The van der Waals surface area contributed by atoms with Crippen molar-refractivity contribution in [1.29, 1.82) is 0 Å². The summed E-state index contributed by atoms with van der Waals surface area (Å²) in [6.07, 6.45) is 3.31. The molecule has 7 aromatic rings. The summed E-state index contributed by atoms with van der Waals surface area (Å²) in [4.78, 5) is 64.6. The summed E-state index contributed by atoms with van der Waals surface area (Å²) in [6.45, 7) is 37.2. The first-order chi connectivity index (χ1) is 38.4. The second-order valence-corrected chi connectivity index (χ2v) is 19.7. The molecule has 0 bridgehead atoms. The number of rotatable bonds is 20. The van der Waals surface area contributed by atoms with Crippen LogP contribution in [0.2, 0.25) is 0 Å². The minimum absolute atomic E-state index is 0.0489. The Morgan fingerprint density at radius 2 is 1.14 bits per heavy atom. The molecular formula is C59H57BrF5N11O5. The molecule has 0 spiro atoms. The number of benzene rings is 4. The van der Waals surface area contributed by atoms with E-state index in [2.05, 4.69) is 60.7 Å². The Morgan fingerprint density at radius 3 is 1.56 bits per heavy atom. The second kappa shape index (κ2) is 31.1. The van der Waals surface area contributed by atoms with E-state index in [1.165, 1.54) is 41.1 Å². The molecule has 0 aliphatic heterocycles. The summed E-state index contributed by atoms with van der Waals surface area (Å²) in [6, 6.07) is 19.4. The molecule has 0 saturated carbocycles. The zero-order valence-electron chi connectivity index (χ0n) is 45.0. The molecule has 0 radical (unpaired) electrons. The minimum atomic E-state index is -4.69. The average molecular weight is 1180 g/mol. The van der Waals surface area contributed by atoms with Gasteiger partial charge in [-0.2, -0.15) is 28.5 Å². The molecular weight excluding hydrogens is 1120 g/mol. The molecule has 0 amide bonds. The Bertz CT molecular complexity index is 3470. The molecule has 420 valence electrons. The molecule has 3 heterocycles. The third kappa shape index (κ3) is 21.4. The second-order valence-electron chi connectivity index (χ2n) is 18.9. The van der Waals surface area contributed by atoms with E-state index in [0.717, 1.165) is 57.9 Å². The number of halogens is 6. The number of alkyl halides is 4. The normalized spacial score (nSPS) is 11.7. The van der Waals surface area contributed by atoms with Crippen LogP contribution in [0.25, 0.3) is 19.4 Å². The highest BCUT2D eigenvalue weighted by Crippen LogP contribution is 2.37. The molecule has 0 fully saturated rings. The smallest absolute Gasteiger partial charge is 0.382 e. The summed E-state index contributed by atoms with van der Waals surface area (Å²) < 4.78 is 67.3. The Kier molecular flexibility index (Phi) is 24.8. The Labute approximate surface area is 474 Å².